The fourth-order valence-electron chi connectivity index (χ4n) is 0.886. The minimum absolute atomic E-state index is 0.0201. The molecule has 0 heterocycles. The molecule has 0 N–H and O–H groups in total. The van der Waals surface area contributed by atoms with Crippen LogP contribution in [0.2, 0.25) is 6.32 Å². The maximum Gasteiger partial charge on any atom is 0.315 e. The van der Waals surface area contributed by atoms with Crippen LogP contribution >= 0.6 is 12.6 Å². The van der Waals surface area contributed by atoms with E-state index in [2.05, 4.69) is 26.5 Å². The number of ether oxygens (including phenoxy) is 1. The maximum absolute atomic E-state index is 10.9. The summed E-state index contributed by atoms with van der Waals surface area (Å²) in [4.78, 5) is 10.9. The molecule has 0 rings (SSSR count). The number of carbonyl (C=O) groups is 1. The second kappa shape index (κ2) is 7.18. The minimum atomic E-state index is -0.266. The highest BCUT2D eigenvalue weighted by molar-refractivity contribution is 7.81. The summed E-state index contributed by atoms with van der Waals surface area (Å²) in [5.41, 5.74) is -0.0201. The van der Waals surface area contributed by atoms with E-state index in [0.717, 1.165) is 12.9 Å². The molecule has 82 valence electrons. The van der Waals surface area contributed by atoms with Gasteiger partial charge in [0.05, 0.1) is 12.4 Å². The third kappa shape index (κ3) is 7.27. The van der Waals surface area contributed by atoms with Crippen molar-refractivity contribution in [3.8, 4) is 0 Å². The lowest BCUT2D eigenvalue weighted by atomic mass is 9.76. The molecule has 0 aromatic rings. The van der Waals surface area contributed by atoms with Gasteiger partial charge < -0.3 is 9.39 Å². The van der Waals surface area contributed by atoms with Gasteiger partial charge in [-0.2, -0.15) is 12.6 Å². The number of carbonyl (C=O) groups excluding carboxylic acids is 1. The van der Waals surface area contributed by atoms with E-state index in [1.54, 1.807) is 0 Å². The quantitative estimate of drug-likeness (QED) is 0.302. The van der Waals surface area contributed by atoms with E-state index in [1.807, 2.05) is 6.92 Å². The molecule has 0 spiro atoms. The summed E-state index contributed by atoms with van der Waals surface area (Å²) in [6.45, 7) is 7.23. The van der Waals surface area contributed by atoms with E-state index < -0.39 is 0 Å². The van der Waals surface area contributed by atoms with Gasteiger partial charge in [0.15, 0.2) is 0 Å². The molecule has 0 saturated carbocycles. The molecule has 0 fully saturated rings. The Balaban J connectivity index is 3.65. The van der Waals surface area contributed by atoms with Crippen LogP contribution in [0.25, 0.3) is 0 Å². The smallest absolute Gasteiger partial charge is 0.315 e. The van der Waals surface area contributed by atoms with Crippen LogP contribution in [0.15, 0.2) is 0 Å². The molecule has 0 aromatic carbocycles. The Bertz CT molecular complexity index is 173. The van der Waals surface area contributed by atoms with Gasteiger partial charge in [-0.05, 0) is 18.7 Å². The lowest BCUT2D eigenvalue weighted by Crippen LogP contribution is -2.24. The molecular weight excluding hydrogens is 199 g/mol. The summed E-state index contributed by atoms with van der Waals surface area (Å²) < 4.78 is 10.3. The number of rotatable bonds is 7. The molecule has 0 saturated heterocycles. The standard InChI is InChI=1S/C9H19BO3S/c1-4-13-10-6-9(2,3)7-12-8(11)5-14/h10,14H,4-7H2,1-3H3. The second-order valence-corrected chi connectivity index (χ2v) is 4.25. The summed E-state index contributed by atoms with van der Waals surface area (Å²) in [6.07, 6.45) is 0.890. The van der Waals surface area contributed by atoms with Crippen molar-refractivity contribution in [2.24, 2.45) is 5.41 Å². The summed E-state index contributed by atoms with van der Waals surface area (Å²) in [7, 11) is 0.710. The molecule has 0 bridgehead atoms. The Morgan fingerprint density at radius 3 is 2.64 bits per heavy atom. The van der Waals surface area contributed by atoms with Crippen molar-refractivity contribution < 1.29 is 14.2 Å². The first kappa shape index (κ1) is 13.8. The van der Waals surface area contributed by atoms with Gasteiger partial charge in [-0.15, -0.1) is 0 Å². The Kier molecular flexibility index (Phi) is 7.10. The Hall–Kier alpha value is -0.155. The van der Waals surface area contributed by atoms with Crippen LogP contribution in [0.4, 0.5) is 0 Å². The predicted molar refractivity (Wildman–Crippen MR) is 62.2 cm³/mol. The molecule has 0 aliphatic heterocycles. The first-order valence-electron chi connectivity index (χ1n) is 4.86. The summed E-state index contributed by atoms with van der Waals surface area (Å²) in [6, 6.07) is 0. The van der Waals surface area contributed by atoms with Crippen molar-refractivity contribution in [3.63, 3.8) is 0 Å². The van der Waals surface area contributed by atoms with Gasteiger partial charge in [0, 0.05) is 6.61 Å². The van der Waals surface area contributed by atoms with Crippen molar-refractivity contribution in [2.45, 2.75) is 27.1 Å². The van der Waals surface area contributed by atoms with Crippen LogP contribution in [0.3, 0.4) is 0 Å². The number of hydrogen-bond acceptors (Lipinski definition) is 4. The van der Waals surface area contributed by atoms with Crippen molar-refractivity contribution in [1.29, 1.82) is 0 Å². The lowest BCUT2D eigenvalue weighted by molar-refractivity contribution is -0.143. The van der Waals surface area contributed by atoms with Crippen LogP contribution in [0.5, 0.6) is 0 Å². The first-order valence-corrected chi connectivity index (χ1v) is 5.49. The van der Waals surface area contributed by atoms with E-state index in [4.69, 9.17) is 9.39 Å². The van der Waals surface area contributed by atoms with Gasteiger partial charge in [-0.25, -0.2) is 0 Å². The summed E-state index contributed by atoms with van der Waals surface area (Å²) >= 11 is 3.83. The average Bonchev–Trinajstić information content (AvgIpc) is 2.14. The van der Waals surface area contributed by atoms with Gasteiger partial charge in [0.25, 0.3) is 7.48 Å². The molecule has 0 atom stereocenters. The number of thiol groups is 1. The van der Waals surface area contributed by atoms with E-state index in [1.165, 1.54) is 0 Å². The average molecular weight is 218 g/mol. The van der Waals surface area contributed by atoms with Gasteiger partial charge in [-0.3, -0.25) is 4.79 Å². The number of hydrogen-bond donors (Lipinski definition) is 1. The SMILES string of the molecule is CCOBCC(C)(C)COC(=O)CS. The van der Waals surface area contributed by atoms with Gasteiger partial charge in [0.2, 0.25) is 0 Å². The Labute approximate surface area is 92.2 Å². The lowest BCUT2D eigenvalue weighted by Gasteiger charge is -2.23. The molecular formula is C9H19BO3S. The third-order valence-corrected chi connectivity index (χ3v) is 2.14. The third-order valence-electron chi connectivity index (χ3n) is 1.88. The largest absolute Gasteiger partial charge is 0.465 e. The summed E-state index contributed by atoms with van der Waals surface area (Å²) in [5, 5.41) is 0. The molecule has 0 radical (unpaired) electrons. The molecule has 0 aliphatic carbocycles. The van der Waals surface area contributed by atoms with Crippen LogP contribution in [0.1, 0.15) is 20.8 Å². The first-order chi connectivity index (χ1) is 6.52. The van der Waals surface area contributed by atoms with Crippen LogP contribution in [-0.4, -0.2) is 32.4 Å². The van der Waals surface area contributed by atoms with E-state index in [9.17, 15) is 4.79 Å². The topological polar surface area (TPSA) is 35.5 Å². The van der Waals surface area contributed by atoms with Crippen molar-refractivity contribution in [3.05, 3.63) is 0 Å². The van der Waals surface area contributed by atoms with Crippen molar-refractivity contribution in [1.82, 2.24) is 0 Å². The molecule has 0 aliphatic rings. The second-order valence-electron chi connectivity index (χ2n) is 3.93. The zero-order valence-corrected chi connectivity index (χ0v) is 10.1. The highest BCUT2D eigenvalue weighted by Gasteiger charge is 2.20. The molecule has 3 nitrogen and oxygen atoms in total. The van der Waals surface area contributed by atoms with Crippen LogP contribution < -0.4 is 0 Å². The fourth-order valence-corrected chi connectivity index (χ4v) is 0.978. The number of esters is 1. The Morgan fingerprint density at radius 2 is 2.14 bits per heavy atom. The van der Waals surface area contributed by atoms with Crippen LogP contribution in [0, 0.1) is 5.41 Å². The van der Waals surface area contributed by atoms with E-state index in [-0.39, 0.29) is 17.1 Å². The summed E-state index contributed by atoms with van der Waals surface area (Å²) in [5.74, 6) is -0.125. The highest BCUT2D eigenvalue weighted by atomic mass is 32.1. The molecule has 5 heteroatoms. The minimum Gasteiger partial charge on any atom is -0.465 e. The van der Waals surface area contributed by atoms with Crippen LogP contribution in [-0.2, 0) is 14.2 Å². The van der Waals surface area contributed by atoms with Gasteiger partial charge in [-0.1, -0.05) is 13.8 Å². The molecule has 14 heavy (non-hydrogen) atoms. The van der Waals surface area contributed by atoms with Crippen molar-refractivity contribution >= 4 is 26.1 Å². The van der Waals surface area contributed by atoms with Gasteiger partial charge in [0.1, 0.15) is 0 Å². The molecule has 0 amide bonds. The highest BCUT2D eigenvalue weighted by Crippen LogP contribution is 2.20. The zero-order chi connectivity index (χ0) is 11.0. The van der Waals surface area contributed by atoms with Crippen molar-refractivity contribution in [2.75, 3.05) is 19.0 Å². The maximum atomic E-state index is 10.9. The molecule has 0 aromatic heterocycles. The van der Waals surface area contributed by atoms with Gasteiger partial charge >= 0.3 is 5.97 Å². The Morgan fingerprint density at radius 1 is 1.50 bits per heavy atom. The predicted octanol–water partition coefficient (Wildman–Crippen LogP) is 1.29. The monoisotopic (exact) mass is 218 g/mol. The van der Waals surface area contributed by atoms with E-state index >= 15 is 0 Å². The normalized spacial score (nSPS) is 11.1. The fraction of sp³-hybridized carbons (Fsp3) is 0.889. The molecule has 0 unspecified atom stereocenters. The zero-order valence-electron chi connectivity index (χ0n) is 9.21. The van der Waals surface area contributed by atoms with E-state index in [0.29, 0.717) is 14.1 Å².